The minimum Gasteiger partial charge on any atom is -0.507 e. The van der Waals surface area contributed by atoms with E-state index in [1.165, 1.54) is 6.92 Å². The summed E-state index contributed by atoms with van der Waals surface area (Å²) < 4.78 is 0.720. The highest BCUT2D eigenvalue weighted by atomic mass is 79.9. The minimum absolute atomic E-state index is 0.00467. The van der Waals surface area contributed by atoms with Crippen LogP contribution in [0, 0.1) is 0 Å². The van der Waals surface area contributed by atoms with E-state index in [0.29, 0.717) is 5.69 Å². The van der Waals surface area contributed by atoms with E-state index in [0.717, 1.165) is 39.7 Å². The van der Waals surface area contributed by atoms with Crippen LogP contribution in [0.2, 0.25) is 0 Å². The topological polar surface area (TPSA) is 66.0 Å². The Labute approximate surface area is 112 Å². The van der Waals surface area contributed by atoms with Crippen LogP contribution in [0.1, 0.15) is 28.5 Å². The number of carbonyl (C=O) groups excluding carboxylic acids is 1. The molecule has 0 saturated heterocycles. The lowest BCUT2D eigenvalue weighted by Crippen LogP contribution is -2.07. The molecule has 0 unspecified atom stereocenters. The Bertz CT molecular complexity index is 661. The Hall–Kier alpha value is -1.62. The van der Waals surface area contributed by atoms with Crippen molar-refractivity contribution in [3.05, 3.63) is 33.4 Å². The van der Waals surface area contributed by atoms with Crippen LogP contribution in [-0.2, 0) is 12.8 Å². The van der Waals surface area contributed by atoms with E-state index in [9.17, 15) is 9.90 Å². The first kappa shape index (κ1) is 11.5. The number of aromatic hydroxyl groups is 1. The first-order chi connectivity index (χ1) is 8.59. The number of hydrogen-bond donors (Lipinski definition) is 2. The maximum absolute atomic E-state index is 11.5. The van der Waals surface area contributed by atoms with Crippen molar-refractivity contribution in [3.63, 3.8) is 0 Å². The second kappa shape index (κ2) is 3.95. The van der Waals surface area contributed by atoms with Crippen molar-refractivity contribution >= 4 is 21.7 Å². The van der Waals surface area contributed by atoms with Gasteiger partial charge in [-0.1, -0.05) is 0 Å². The number of rotatable bonds is 1. The molecule has 1 aliphatic rings. The summed E-state index contributed by atoms with van der Waals surface area (Å²) in [5.74, 6) is 0.240. The first-order valence-electron chi connectivity index (χ1n) is 5.68. The van der Waals surface area contributed by atoms with E-state index < -0.39 is 0 Å². The number of fused-ring (bicyclic) bond motifs is 3. The molecule has 1 aromatic heterocycles. The molecule has 0 amide bonds. The number of aromatic amines is 1. The number of phenols is 1. The number of benzene rings is 1. The summed E-state index contributed by atoms with van der Waals surface area (Å²) in [4.78, 5) is 11.5. The summed E-state index contributed by atoms with van der Waals surface area (Å²) in [6.45, 7) is 1.54. The molecular formula is C13H11BrN2O2. The molecule has 2 aromatic rings. The van der Waals surface area contributed by atoms with Crippen molar-refractivity contribution in [3.8, 4) is 17.0 Å². The van der Waals surface area contributed by atoms with Crippen LogP contribution in [0.25, 0.3) is 11.3 Å². The van der Waals surface area contributed by atoms with Gasteiger partial charge in [-0.15, -0.1) is 0 Å². The third-order valence-electron chi connectivity index (χ3n) is 3.32. The number of ketones is 1. The molecular weight excluding hydrogens is 296 g/mol. The summed E-state index contributed by atoms with van der Waals surface area (Å²) in [6, 6.07) is 3.48. The molecule has 1 heterocycles. The molecule has 92 valence electrons. The Balaban J connectivity index is 2.25. The highest BCUT2D eigenvalue weighted by Gasteiger charge is 2.25. The van der Waals surface area contributed by atoms with Crippen LogP contribution in [0.4, 0.5) is 0 Å². The van der Waals surface area contributed by atoms with E-state index in [1.54, 1.807) is 6.07 Å². The fourth-order valence-electron chi connectivity index (χ4n) is 2.45. The Morgan fingerprint density at radius 1 is 1.39 bits per heavy atom. The van der Waals surface area contributed by atoms with Crippen LogP contribution in [-0.4, -0.2) is 21.1 Å². The van der Waals surface area contributed by atoms with Gasteiger partial charge in [0.05, 0.1) is 10.2 Å². The van der Waals surface area contributed by atoms with E-state index in [4.69, 9.17) is 0 Å². The van der Waals surface area contributed by atoms with Crippen molar-refractivity contribution in [2.75, 3.05) is 0 Å². The first-order valence-corrected chi connectivity index (χ1v) is 6.47. The predicted octanol–water partition coefficient (Wildman–Crippen LogP) is 2.85. The second-order valence-electron chi connectivity index (χ2n) is 4.41. The normalized spacial score (nSPS) is 13.0. The molecule has 1 aromatic carbocycles. The van der Waals surface area contributed by atoms with Gasteiger partial charge in [0.2, 0.25) is 0 Å². The lowest BCUT2D eigenvalue weighted by atomic mass is 9.88. The zero-order valence-corrected chi connectivity index (χ0v) is 11.3. The molecule has 0 atom stereocenters. The molecule has 0 aliphatic heterocycles. The highest BCUT2D eigenvalue weighted by molar-refractivity contribution is 9.10. The predicted molar refractivity (Wildman–Crippen MR) is 70.8 cm³/mol. The molecule has 0 bridgehead atoms. The largest absolute Gasteiger partial charge is 0.507 e. The van der Waals surface area contributed by atoms with Gasteiger partial charge >= 0.3 is 0 Å². The molecule has 3 rings (SSSR count). The molecule has 1 aliphatic carbocycles. The van der Waals surface area contributed by atoms with E-state index in [-0.39, 0.29) is 11.5 Å². The molecule has 5 heteroatoms. The molecule has 0 fully saturated rings. The lowest BCUT2D eigenvalue weighted by Gasteiger charge is -2.17. The van der Waals surface area contributed by atoms with E-state index in [1.807, 2.05) is 6.07 Å². The van der Waals surface area contributed by atoms with Gasteiger partial charge in [-0.05, 0) is 46.5 Å². The average Bonchev–Trinajstić information content (AvgIpc) is 2.77. The van der Waals surface area contributed by atoms with Crippen LogP contribution in [0.5, 0.6) is 5.75 Å². The van der Waals surface area contributed by atoms with Crippen LogP contribution in [0.3, 0.4) is 0 Å². The van der Waals surface area contributed by atoms with Gasteiger partial charge in [0.15, 0.2) is 5.78 Å². The summed E-state index contributed by atoms with van der Waals surface area (Å²) >= 11 is 3.40. The number of phenolic OH excluding ortho intramolecular Hbond substituents is 1. The van der Waals surface area contributed by atoms with Crippen LogP contribution < -0.4 is 0 Å². The number of carbonyl (C=O) groups is 1. The third-order valence-corrected chi connectivity index (χ3v) is 4.21. The fraction of sp³-hybridized carbons (Fsp3) is 0.231. The van der Waals surface area contributed by atoms with Crippen molar-refractivity contribution in [1.29, 1.82) is 0 Å². The van der Waals surface area contributed by atoms with E-state index in [2.05, 4.69) is 26.1 Å². The van der Waals surface area contributed by atoms with Gasteiger partial charge in [0.25, 0.3) is 0 Å². The highest BCUT2D eigenvalue weighted by Crippen LogP contribution is 2.40. The van der Waals surface area contributed by atoms with Gasteiger partial charge in [-0.25, -0.2) is 0 Å². The monoisotopic (exact) mass is 306 g/mol. The molecule has 0 saturated carbocycles. The Kier molecular flexibility index (Phi) is 2.52. The molecule has 18 heavy (non-hydrogen) atoms. The number of nitrogens with zero attached hydrogens (tertiary/aromatic N) is 1. The minimum atomic E-state index is 0.00467. The van der Waals surface area contributed by atoms with Gasteiger partial charge in [0, 0.05) is 18.1 Å². The quantitative estimate of drug-likeness (QED) is 0.796. The number of nitrogens with one attached hydrogen (secondary N) is 1. The molecule has 2 N–H and O–H groups in total. The fourth-order valence-corrected chi connectivity index (χ4v) is 2.99. The standard InChI is InChI=1S/C13H11BrN2O2/c1-6(17)12-9-3-2-7-8(13(9)16-15-12)4-5-10(18)11(7)14/h4-5,18H,2-3H2,1H3,(H,15,16). The number of aromatic nitrogens is 2. The summed E-state index contributed by atoms with van der Waals surface area (Å²) in [6.07, 6.45) is 1.55. The van der Waals surface area contributed by atoms with Crippen molar-refractivity contribution in [1.82, 2.24) is 10.2 Å². The number of Topliss-reactive ketones (excluding diaryl/α,β-unsaturated/α-hetero) is 1. The van der Waals surface area contributed by atoms with Gasteiger partial charge in [0.1, 0.15) is 11.4 Å². The number of hydrogen-bond acceptors (Lipinski definition) is 3. The van der Waals surface area contributed by atoms with Crippen molar-refractivity contribution in [2.24, 2.45) is 0 Å². The smallest absolute Gasteiger partial charge is 0.177 e. The Morgan fingerprint density at radius 2 is 2.11 bits per heavy atom. The Morgan fingerprint density at radius 3 is 2.83 bits per heavy atom. The van der Waals surface area contributed by atoms with Gasteiger partial charge in [-0.2, -0.15) is 5.10 Å². The average molecular weight is 307 g/mol. The zero-order chi connectivity index (χ0) is 12.9. The lowest BCUT2D eigenvalue weighted by molar-refractivity contribution is 0.101. The van der Waals surface area contributed by atoms with Crippen molar-refractivity contribution in [2.45, 2.75) is 19.8 Å². The zero-order valence-electron chi connectivity index (χ0n) is 9.75. The summed E-state index contributed by atoms with van der Waals surface area (Å²) in [5.41, 5.74) is 4.42. The van der Waals surface area contributed by atoms with Gasteiger partial charge < -0.3 is 5.11 Å². The van der Waals surface area contributed by atoms with Gasteiger partial charge in [-0.3, -0.25) is 9.89 Å². The summed E-state index contributed by atoms with van der Waals surface area (Å²) in [5, 5.41) is 16.7. The molecule has 4 nitrogen and oxygen atoms in total. The second-order valence-corrected chi connectivity index (χ2v) is 5.20. The molecule has 0 radical (unpaired) electrons. The van der Waals surface area contributed by atoms with Crippen LogP contribution >= 0.6 is 15.9 Å². The number of halogens is 1. The summed E-state index contributed by atoms with van der Waals surface area (Å²) in [7, 11) is 0. The SMILES string of the molecule is CC(=O)c1[nH]nc2c1CCc1c-2ccc(O)c1Br. The van der Waals surface area contributed by atoms with Crippen molar-refractivity contribution < 1.29 is 9.90 Å². The maximum Gasteiger partial charge on any atom is 0.177 e. The maximum atomic E-state index is 11.5. The molecule has 0 spiro atoms. The van der Waals surface area contributed by atoms with Crippen LogP contribution in [0.15, 0.2) is 16.6 Å². The van der Waals surface area contributed by atoms with E-state index >= 15 is 0 Å². The number of H-pyrrole nitrogens is 1. The third kappa shape index (κ3) is 1.50.